The van der Waals surface area contributed by atoms with Crippen molar-refractivity contribution in [2.24, 2.45) is 0 Å². The van der Waals surface area contributed by atoms with Crippen LogP contribution < -0.4 is 5.32 Å². The zero-order valence-corrected chi connectivity index (χ0v) is 11.0. The summed E-state index contributed by atoms with van der Waals surface area (Å²) < 4.78 is 0. The topological polar surface area (TPSA) is 76.3 Å². The van der Waals surface area contributed by atoms with Crippen molar-refractivity contribution in [1.29, 1.82) is 5.26 Å². The molecule has 4 heteroatoms. The van der Waals surface area contributed by atoms with Crippen molar-refractivity contribution in [2.45, 2.75) is 12.6 Å². The second-order valence-corrected chi connectivity index (χ2v) is 4.55. The van der Waals surface area contributed by atoms with Gasteiger partial charge in [-0.1, -0.05) is 24.3 Å². The van der Waals surface area contributed by atoms with Gasteiger partial charge in [0.25, 0.3) is 0 Å². The van der Waals surface area contributed by atoms with Gasteiger partial charge in [0.2, 0.25) is 0 Å². The van der Waals surface area contributed by atoms with Gasteiger partial charge in [0, 0.05) is 13.1 Å². The van der Waals surface area contributed by atoms with Crippen LogP contribution in [-0.2, 0) is 6.54 Å². The second-order valence-electron chi connectivity index (χ2n) is 4.55. The van der Waals surface area contributed by atoms with E-state index in [9.17, 15) is 10.2 Å². The molecule has 0 aromatic heterocycles. The van der Waals surface area contributed by atoms with Crippen LogP contribution in [0.1, 0.15) is 22.8 Å². The molecular weight excluding hydrogens is 252 g/mol. The van der Waals surface area contributed by atoms with Gasteiger partial charge < -0.3 is 15.5 Å². The summed E-state index contributed by atoms with van der Waals surface area (Å²) in [6, 6.07) is 15.9. The highest BCUT2D eigenvalue weighted by Gasteiger charge is 2.06. The summed E-state index contributed by atoms with van der Waals surface area (Å²) in [7, 11) is 0. The first kappa shape index (κ1) is 14.1. The number of aliphatic hydroxyl groups is 1. The molecule has 2 aromatic rings. The number of aliphatic hydroxyl groups excluding tert-OH is 1. The van der Waals surface area contributed by atoms with E-state index >= 15 is 0 Å². The Morgan fingerprint density at radius 2 is 1.70 bits per heavy atom. The average Bonchev–Trinajstić information content (AvgIpc) is 2.49. The molecular formula is C16H16N2O2. The summed E-state index contributed by atoms with van der Waals surface area (Å²) in [6.07, 6.45) is -0.611. The summed E-state index contributed by atoms with van der Waals surface area (Å²) in [6.45, 7) is 1.04. The van der Waals surface area contributed by atoms with Crippen molar-refractivity contribution < 1.29 is 10.2 Å². The number of benzene rings is 2. The van der Waals surface area contributed by atoms with E-state index in [-0.39, 0.29) is 5.75 Å². The van der Waals surface area contributed by atoms with E-state index in [4.69, 9.17) is 5.26 Å². The Kier molecular flexibility index (Phi) is 4.72. The monoisotopic (exact) mass is 268 g/mol. The number of hydrogen-bond acceptors (Lipinski definition) is 4. The predicted octanol–water partition coefficient (Wildman–Crippen LogP) is 2.09. The third-order valence-electron chi connectivity index (χ3n) is 3.03. The van der Waals surface area contributed by atoms with Gasteiger partial charge in [0.05, 0.1) is 17.7 Å². The molecule has 0 saturated heterocycles. The van der Waals surface area contributed by atoms with E-state index in [1.807, 2.05) is 18.2 Å². The zero-order valence-electron chi connectivity index (χ0n) is 11.0. The summed E-state index contributed by atoms with van der Waals surface area (Å²) in [4.78, 5) is 0. The summed E-state index contributed by atoms with van der Waals surface area (Å²) in [5.74, 6) is 0.242. The van der Waals surface area contributed by atoms with Gasteiger partial charge in [-0.25, -0.2) is 0 Å². The number of nitriles is 1. The van der Waals surface area contributed by atoms with Gasteiger partial charge in [-0.2, -0.15) is 5.26 Å². The Labute approximate surface area is 117 Å². The van der Waals surface area contributed by atoms with Crippen LogP contribution in [0.5, 0.6) is 5.75 Å². The predicted molar refractivity (Wildman–Crippen MR) is 75.9 cm³/mol. The molecule has 0 radical (unpaired) electrons. The van der Waals surface area contributed by atoms with Crippen LogP contribution in [0.2, 0.25) is 0 Å². The molecule has 0 amide bonds. The van der Waals surface area contributed by atoms with E-state index in [2.05, 4.69) is 5.32 Å². The lowest BCUT2D eigenvalue weighted by Crippen LogP contribution is -2.21. The average molecular weight is 268 g/mol. The van der Waals surface area contributed by atoms with Crippen LogP contribution in [0.15, 0.2) is 48.5 Å². The zero-order chi connectivity index (χ0) is 14.4. The van der Waals surface area contributed by atoms with Crippen LogP contribution in [0.25, 0.3) is 0 Å². The van der Waals surface area contributed by atoms with Crippen molar-refractivity contribution in [3.63, 3.8) is 0 Å². The standard InChI is InChI=1S/C16H16N2O2/c17-9-12-1-5-14(6-2-12)16(20)11-18-10-13-3-7-15(19)8-4-13/h1-8,16,18-20H,10-11H2. The maximum absolute atomic E-state index is 10.0. The Hall–Kier alpha value is -2.35. The highest BCUT2D eigenvalue weighted by Crippen LogP contribution is 2.13. The lowest BCUT2D eigenvalue weighted by molar-refractivity contribution is 0.174. The third kappa shape index (κ3) is 3.82. The molecule has 1 unspecified atom stereocenters. The normalized spacial score (nSPS) is 11.8. The van der Waals surface area contributed by atoms with Gasteiger partial charge in [-0.15, -0.1) is 0 Å². The highest BCUT2D eigenvalue weighted by atomic mass is 16.3. The van der Waals surface area contributed by atoms with E-state index in [1.54, 1.807) is 36.4 Å². The third-order valence-corrected chi connectivity index (χ3v) is 3.03. The Morgan fingerprint density at radius 3 is 2.30 bits per heavy atom. The number of rotatable bonds is 5. The smallest absolute Gasteiger partial charge is 0.115 e. The van der Waals surface area contributed by atoms with Crippen molar-refractivity contribution in [1.82, 2.24) is 5.32 Å². The molecule has 0 bridgehead atoms. The molecule has 0 spiro atoms. The number of hydrogen-bond donors (Lipinski definition) is 3. The number of phenolic OH excluding ortho intramolecular Hbond substituents is 1. The number of phenols is 1. The lowest BCUT2D eigenvalue weighted by Gasteiger charge is -2.12. The minimum atomic E-state index is -0.611. The molecule has 20 heavy (non-hydrogen) atoms. The van der Waals surface area contributed by atoms with Crippen LogP contribution in [0.3, 0.4) is 0 Å². The van der Waals surface area contributed by atoms with Crippen LogP contribution >= 0.6 is 0 Å². The quantitative estimate of drug-likeness (QED) is 0.776. The molecule has 0 saturated carbocycles. The SMILES string of the molecule is N#Cc1ccc(C(O)CNCc2ccc(O)cc2)cc1. The maximum Gasteiger partial charge on any atom is 0.115 e. The lowest BCUT2D eigenvalue weighted by atomic mass is 10.1. The van der Waals surface area contributed by atoms with Gasteiger partial charge in [0.15, 0.2) is 0 Å². The van der Waals surface area contributed by atoms with E-state index in [0.717, 1.165) is 11.1 Å². The van der Waals surface area contributed by atoms with Crippen molar-refractivity contribution in [2.75, 3.05) is 6.54 Å². The van der Waals surface area contributed by atoms with Gasteiger partial charge >= 0.3 is 0 Å². The Bertz CT molecular complexity index is 585. The molecule has 2 rings (SSSR count). The molecule has 0 aliphatic carbocycles. The largest absolute Gasteiger partial charge is 0.508 e. The van der Waals surface area contributed by atoms with Crippen LogP contribution in [0, 0.1) is 11.3 Å². The fraction of sp³-hybridized carbons (Fsp3) is 0.188. The summed E-state index contributed by atoms with van der Waals surface area (Å²) in [5.41, 5.74) is 2.40. The minimum absolute atomic E-state index is 0.242. The molecule has 3 N–H and O–H groups in total. The van der Waals surface area contributed by atoms with Gasteiger partial charge in [-0.05, 0) is 35.4 Å². The first-order valence-corrected chi connectivity index (χ1v) is 6.36. The number of aromatic hydroxyl groups is 1. The van der Waals surface area contributed by atoms with Crippen LogP contribution in [-0.4, -0.2) is 16.8 Å². The second kappa shape index (κ2) is 6.71. The Morgan fingerprint density at radius 1 is 1.05 bits per heavy atom. The molecule has 0 aliphatic heterocycles. The molecule has 0 fully saturated rings. The fourth-order valence-corrected chi connectivity index (χ4v) is 1.86. The van der Waals surface area contributed by atoms with Crippen LogP contribution in [0.4, 0.5) is 0 Å². The molecule has 0 heterocycles. The molecule has 2 aromatic carbocycles. The molecule has 102 valence electrons. The summed E-state index contributed by atoms with van der Waals surface area (Å²) >= 11 is 0. The summed E-state index contributed by atoms with van der Waals surface area (Å²) in [5, 5.41) is 31.1. The first-order chi connectivity index (χ1) is 9.69. The van der Waals surface area contributed by atoms with E-state index in [1.165, 1.54) is 0 Å². The fourth-order valence-electron chi connectivity index (χ4n) is 1.86. The first-order valence-electron chi connectivity index (χ1n) is 6.36. The molecule has 0 aliphatic rings. The minimum Gasteiger partial charge on any atom is -0.508 e. The molecule has 1 atom stereocenters. The highest BCUT2D eigenvalue weighted by molar-refractivity contribution is 5.32. The van der Waals surface area contributed by atoms with Gasteiger partial charge in [0.1, 0.15) is 5.75 Å². The van der Waals surface area contributed by atoms with E-state index < -0.39 is 6.10 Å². The Balaban J connectivity index is 1.84. The van der Waals surface area contributed by atoms with Crippen molar-refractivity contribution in [3.8, 4) is 11.8 Å². The number of nitrogens with one attached hydrogen (secondary N) is 1. The van der Waals surface area contributed by atoms with E-state index in [0.29, 0.717) is 18.7 Å². The van der Waals surface area contributed by atoms with Crippen molar-refractivity contribution in [3.05, 3.63) is 65.2 Å². The molecule has 4 nitrogen and oxygen atoms in total. The van der Waals surface area contributed by atoms with Gasteiger partial charge in [-0.3, -0.25) is 0 Å². The van der Waals surface area contributed by atoms with Crippen molar-refractivity contribution >= 4 is 0 Å². The maximum atomic E-state index is 10.0. The number of nitrogens with zero attached hydrogens (tertiary/aromatic N) is 1.